The summed E-state index contributed by atoms with van der Waals surface area (Å²) in [6.07, 6.45) is 3.53. The molecule has 0 saturated carbocycles. The number of carbonyl (C=O) groups excluding carboxylic acids is 1. The van der Waals surface area contributed by atoms with Crippen molar-refractivity contribution in [3.05, 3.63) is 94.0 Å². The first-order valence-corrected chi connectivity index (χ1v) is 12.6. The molecule has 6 rings (SSSR count). The van der Waals surface area contributed by atoms with Crippen molar-refractivity contribution in [2.45, 2.75) is 26.0 Å². The zero-order valence-corrected chi connectivity index (χ0v) is 21.7. The molecule has 8 heteroatoms. The molecule has 1 N–H and O–H groups in total. The van der Waals surface area contributed by atoms with Gasteiger partial charge in [0, 0.05) is 62.0 Å². The molecule has 37 heavy (non-hydrogen) atoms. The predicted molar refractivity (Wildman–Crippen MR) is 147 cm³/mol. The maximum Gasteiger partial charge on any atom is 0.258 e. The summed E-state index contributed by atoms with van der Waals surface area (Å²) >= 11 is 0. The number of pyridine rings is 1. The first-order chi connectivity index (χ1) is 17.6. The molecule has 4 aromatic rings. The summed E-state index contributed by atoms with van der Waals surface area (Å²) in [6.45, 7) is 3.53. The molecule has 1 atom stereocenters. The van der Waals surface area contributed by atoms with Crippen LogP contribution in [0.25, 0.3) is 16.6 Å². The Labute approximate surface area is 222 Å². The van der Waals surface area contributed by atoms with Gasteiger partial charge in [0.2, 0.25) is 5.91 Å². The normalized spacial score (nSPS) is 16.9. The van der Waals surface area contributed by atoms with E-state index in [0.717, 1.165) is 54.6 Å². The van der Waals surface area contributed by atoms with E-state index in [4.69, 9.17) is 4.74 Å². The SMILES string of the molecule is Cl.Cn1c2c(c3ccc(-n4ccc(OCc5ccccc5)cc4=O)cc31)CN(C(=O)C1CCNC1)CC2. The van der Waals surface area contributed by atoms with Crippen molar-refractivity contribution in [3.8, 4) is 11.4 Å². The molecule has 1 amide bonds. The molecule has 0 radical (unpaired) electrons. The van der Waals surface area contributed by atoms with Crippen LogP contribution in [0.2, 0.25) is 0 Å². The number of fused-ring (bicyclic) bond motifs is 3. The fraction of sp³-hybridized carbons (Fsp3) is 0.310. The van der Waals surface area contributed by atoms with Crippen LogP contribution in [-0.4, -0.2) is 39.6 Å². The van der Waals surface area contributed by atoms with E-state index in [9.17, 15) is 9.59 Å². The third-order valence-corrected chi connectivity index (χ3v) is 7.53. The molecule has 192 valence electrons. The maximum absolute atomic E-state index is 13.0. The highest BCUT2D eigenvalue weighted by Gasteiger charge is 2.31. The standard InChI is InChI=1S/C29H30N4O3.ClH/c1-31-26-11-13-32(29(35)21-9-12-30-17-21)18-25(26)24-8-7-22(15-27(24)31)33-14-10-23(16-28(33)34)36-19-20-5-3-2-4-6-20;/h2-8,10,14-16,21,30H,9,11-13,17-19H2,1H3;1H. The highest BCUT2D eigenvalue weighted by atomic mass is 35.5. The number of amides is 1. The van der Waals surface area contributed by atoms with Crippen molar-refractivity contribution >= 4 is 29.2 Å². The van der Waals surface area contributed by atoms with Crippen molar-refractivity contribution in [1.82, 2.24) is 19.4 Å². The number of benzene rings is 2. The number of rotatable bonds is 5. The molecular formula is C29H31ClN4O3. The van der Waals surface area contributed by atoms with Gasteiger partial charge in [-0.25, -0.2) is 0 Å². The molecule has 1 unspecified atom stereocenters. The molecule has 1 saturated heterocycles. The molecule has 0 aliphatic carbocycles. The Hall–Kier alpha value is -3.55. The Morgan fingerprint density at radius 3 is 2.70 bits per heavy atom. The monoisotopic (exact) mass is 518 g/mol. The van der Waals surface area contributed by atoms with E-state index in [1.807, 2.05) is 47.4 Å². The van der Waals surface area contributed by atoms with Gasteiger partial charge in [-0.15, -0.1) is 12.4 Å². The average molecular weight is 519 g/mol. The maximum atomic E-state index is 13.0. The van der Waals surface area contributed by atoms with Crippen LogP contribution >= 0.6 is 12.4 Å². The molecule has 2 aromatic carbocycles. The lowest BCUT2D eigenvalue weighted by Crippen LogP contribution is -2.40. The summed E-state index contributed by atoms with van der Waals surface area (Å²) in [7, 11) is 2.08. The number of hydrogen-bond donors (Lipinski definition) is 1. The minimum Gasteiger partial charge on any atom is -0.489 e. The molecule has 0 spiro atoms. The summed E-state index contributed by atoms with van der Waals surface area (Å²) < 4.78 is 9.68. The summed E-state index contributed by atoms with van der Waals surface area (Å²) in [5.74, 6) is 0.915. The van der Waals surface area contributed by atoms with Crippen LogP contribution in [0.4, 0.5) is 0 Å². The topological polar surface area (TPSA) is 68.5 Å². The third kappa shape index (κ3) is 4.77. The smallest absolute Gasteiger partial charge is 0.258 e. The molecule has 4 heterocycles. The van der Waals surface area contributed by atoms with E-state index < -0.39 is 0 Å². The van der Waals surface area contributed by atoms with Crippen LogP contribution in [-0.2, 0) is 31.4 Å². The van der Waals surface area contributed by atoms with E-state index in [1.165, 1.54) is 17.3 Å². The van der Waals surface area contributed by atoms with Crippen LogP contribution in [0, 0.1) is 5.92 Å². The number of hydrogen-bond acceptors (Lipinski definition) is 4. The fourth-order valence-corrected chi connectivity index (χ4v) is 5.53. The highest BCUT2D eigenvalue weighted by molar-refractivity contribution is 5.88. The first kappa shape index (κ1) is 25.1. The third-order valence-electron chi connectivity index (χ3n) is 7.53. The zero-order valence-electron chi connectivity index (χ0n) is 20.9. The van der Waals surface area contributed by atoms with Gasteiger partial charge < -0.3 is 19.5 Å². The number of aryl methyl sites for hydroxylation is 1. The average Bonchev–Trinajstić information content (AvgIpc) is 3.55. The number of carbonyl (C=O) groups is 1. The Kier molecular flexibility index (Phi) is 7.09. The Morgan fingerprint density at radius 2 is 1.95 bits per heavy atom. The lowest BCUT2D eigenvalue weighted by atomic mass is 10.0. The first-order valence-electron chi connectivity index (χ1n) is 12.6. The van der Waals surface area contributed by atoms with Gasteiger partial charge in [0.15, 0.2) is 0 Å². The highest BCUT2D eigenvalue weighted by Crippen LogP contribution is 2.32. The number of ether oxygens (including phenoxy) is 1. The van der Waals surface area contributed by atoms with E-state index in [1.54, 1.807) is 10.8 Å². The van der Waals surface area contributed by atoms with E-state index in [0.29, 0.717) is 18.9 Å². The molecule has 7 nitrogen and oxygen atoms in total. The van der Waals surface area contributed by atoms with Gasteiger partial charge in [-0.3, -0.25) is 14.2 Å². The summed E-state index contributed by atoms with van der Waals surface area (Å²) in [5, 5.41) is 4.45. The Bertz CT molecular complexity index is 1490. The van der Waals surface area contributed by atoms with Gasteiger partial charge in [0.05, 0.1) is 17.1 Å². The van der Waals surface area contributed by atoms with Crippen molar-refractivity contribution in [2.75, 3.05) is 19.6 Å². The predicted octanol–water partition coefficient (Wildman–Crippen LogP) is 3.82. The van der Waals surface area contributed by atoms with E-state index >= 15 is 0 Å². The van der Waals surface area contributed by atoms with Crippen LogP contribution in [0.15, 0.2) is 71.7 Å². The second-order valence-electron chi connectivity index (χ2n) is 9.73. The van der Waals surface area contributed by atoms with Gasteiger partial charge >= 0.3 is 0 Å². The molecule has 1 fully saturated rings. The Balaban J connectivity index is 0.00000280. The Morgan fingerprint density at radius 1 is 1.11 bits per heavy atom. The molecule has 2 aromatic heterocycles. The van der Waals surface area contributed by atoms with Crippen molar-refractivity contribution < 1.29 is 9.53 Å². The molecule has 0 bridgehead atoms. The van der Waals surface area contributed by atoms with Crippen LogP contribution in [0.3, 0.4) is 0 Å². The van der Waals surface area contributed by atoms with Crippen molar-refractivity contribution in [3.63, 3.8) is 0 Å². The van der Waals surface area contributed by atoms with Crippen molar-refractivity contribution in [2.24, 2.45) is 13.0 Å². The summed E-state index contributed by atoms with van der Waals surface area (Å²) in [4.78, 5) is 28.0. The van der Waals surface area contributed by atoms with Crippen LogP contribution < -0.4 is 15.6 Å². The number of halogens is 1. The quantitative estimate of drug-likeness (QED) is 0.436. The second-order valence-corrected chi connectivity index (χ2v) is 9.73. The van der Waals surface area contributed by atoms with Gasteiger partial charge in [-0.2, -0.15) is 0 Å². The molecule has 2 aliphatic rings. The fourth-order valence-electron chi connectivity index (χ4n) is 5.53. The van der Waals surface area contributed by atoms with Gasteiger partial charge in [0.25, 0.3) is 5.56 Å². The molecule has 2 aliphatic heterocycles. The van der Waals surface area contributed by atoms with Crippen molar-refractivity contribution in [1.29, 1.82) is 0 Å². The lowest BCUT2D eigenvalue weighted by Gasteiger charge is -2.30. The lowest BCUT2D eigenvalue weighted by molar-refractivity contribution is -0.135. The van der Waals surface area contributed by atoms with Crippen LogP contribution in [0.5, 0.6) is 5.75 Å². The van der Waals surface area contributed by atoms with Gasteiger partial charge in [-0.1, -0.05) is 36.4 Å². The van der Waals surface area contributed by atoms with Crippen LogP contribution in [0.1, 0.15) is 23.2 Å². The summed E-state index contributed by atoms with van der Waals surface area (Å²) in [6, 6.07) is 19.4. The van der Waals surface area contributed by atoms with E-state index in [-0.39, 0.29) is 29.8 Å². The molecular weight excluding hydrogens is 488 g/mol. The number of nitrogens with one attached hydrogen (secondary N) is 1. The van der Waals surface area contributed by atoms with Gasteiger partial charge in [-0.05, 0) is 36.7 Å². The minimum atomic E-state index is -0.138. The van der Waals surface area contributed by atoms with Gasteiger partial charge in [0.1, 0.15) is 12.4 Å². The minimum absolute atomic E-state index is 0. The second kappa shape index (κ2) is 10.4. The number of nitrogens with zero attached hydrogens (tertiary/aromatic N) is 3. The largest absolute Gasteiger partial charge is 0.489 e. The number of aromatic nitrogens is 2. The van der Waals surface area contributed by atoms with E-state index in [2.05, 4.69) is 29.1 Å². The summed E-state index contributed by atoms with van der Waals surface area (Å²) in [5.41, 5.74) is 5.30. The zero-order chi connectivity index (χ0) is 24.6.